The van der Waals surface area contributed by atoms with E-state index in [0.717, 1.165) is 0 Å². The third-order valence-electron chi connectivity index (χ3n) is 2.84. The van der Waals surface area contributed by atoms with Gasteiger partial charge in [-0.1, -0.05) is 11.6 Å². The molecule has 1 heterocycles. The summed E-state index contributed by atoms with van der Waals surface area (Å²) in [5, 5.41) is 16.3. The molecule has 0 aliphatic rings. The van der Waals surface area contributed by atoms with E-state index in [0.29, 0.717) is 23.0 Å². The molecule has 1 unspecified atom stereocenters. The van der Waals surface area contributed by atoms with Crippen LogP contribution in [-0.2, 0) is 22.5 Å². The van der Waals surface area contributed by atoms with Gasteiger partial charge in [0.05, 0.1) is 16.4 Å². The van der Waals surface area contributed by atoms with Crippen LogP contribution in [0.25, 0.3) is 0 Å². The smallest absolute Gasteiger partial charge is 0.408 e. The summed E-state index contributed by atoms with van der Waals surface area (Å²) in [5.74, 6) is -1.16. The predicted molar refractivity (Wildman–Crippen MR) is 82.1 cm³/mol. The number of aryl methyl sites for hydroxylation is 2. The van der Waals surface area contributed by atoms with Gasteiger partial charge in [0.15, 0.2) is 0 Å². The first-order valence-electron chi connectivity index (χ1n) is 6.99. The van der Waals surface area contributed by atoms with Gasteiger partial charge in [-0.2, -0.15) is 5.10 Å². The number of carboxylic acid groups (broad SMARTS) is 1. The number of aromatic nitrogens is 2. The third kappa shape index (κ3) is 4.91. The van der Waals surface area contributed by atoms with Gasteiger partial charge in [-0.3, -0.25) is 4.68 Å². The highest BCUT2D eigenvalue weighted by atomic mass is 35.5. The molecular weight excluding hydrogens is 310 g/mol. The van der Waals surface area contributed by atoms with Crippen LogP contribution in [0.2, 0.25) is 5.02 Å². The van der Waals surface area contributed by atoms with Crippen molar-refractivity contribution in [1.82, 2.24) is 15.1 Å². The number of carbonyl (C=O) groups excluding carboxylic acids is 1. The lowest BCUT2D eigenvalue weighted by atomic mass is 10.1. The van der Waals surface area contributed by atoms with Gasteiger partial charge in [-0.05, 0) is 34.6 Å². The average Bonchev–Trinajstić information content (AvgIpc) is 2.63. The summed E-state index contributed by atoms with van der Waals surface area (Å²) in [7, 11) is 0. The van der Waals surface area contributed by atoms with E-state index in [1.165, 1.54) is 0 Å². The van der Waals surface area contributed by atoms with Crippen LogP contribution in [0.15, 0.2) is 0 Å². The molecule has 0 radical (unpaired) electrons. The average molecular weight is 332 g/mol. The molecule has 0 saturated carbocycles. The Kier molecular flexibility index (Phi) is 5.82. The summed E-state index contributed by atoms with van der Waals surface area (Å²) in [4.78, 5) is 23.1. The molecular formula is C14H22ClN3O4. The number of halogens is 1. The van der Waals surface area contributed by atoms with E-state index >= 15 is 0 Å². The van der Waals surface area contributed by atoms with Crippen molar-refractivity contribution in [3.05, 3.63) is 16.4 Å². The monoisotopic (exact) mass is 331 g/mol. The predicted octanol–water partition coefficient (Wildman–Crippen LogP) is 2.39. The number of nitrogens with one attached hydrogen (secondary N) is 1. The fourth-order valence-electron chi connectivity index (χ4n) is 1.91. The van der Waals surface area contributed by atoms with Crippen LogP contribution in [0.5, 0.6) is 0 Å². The van der Waals surface area contributed by atoms with Crippen LogP contribution in [0, 0.1) is 6.92 Å². The highest BCUT2D eigenvalue weighted by Crippen LogP contribution is 2.22. The van der Waals surface area contributed by atoms with Crippen molar-refractivity contribution >= 4 is 23.7 Å². The molecule has 0 spiro atoms. The van der Waals surface area contributed by atoms with E-state index in [2.05, 4.69) is 10.4 Å². The molecule has 1 aromatic rings. The Labute approximate surface area is 134 Å². The Bertz CT molecular complexity index is 563. The molecule has 0 aliphatic carbocycles. The molecule has 8 heteroatoms. The van der Waals surface area contributed by atoms with Crippen LogP contribution in [-0.4, -0.2) is 38.6 Å². The normalized spacial score (nSPS) is 12.8. The highest BCUT2D eigenvalue weighted by Gasteiger charge is 2.27. The van der Waals surface area contributed by atoms with Gasteiger partial charge in [-0.15, -0.1) is 0 Å². The third-order valence-corrected chi connectivity index (χ3v) is 3.33. The second-order valence-electron chi connectivity index (χ2n) is 5.90. The number of aliphatic carboxylic acids is 1. The number of hydrogen-bond donors (Lipinski definition) is 2. The maximum Gasteiger partial charge on any atom is 0.408 e. The van der Waals surface area contributed by atoms with E-state index in [4.69, 9.17) is 16.3 Å². The quantitative estimate of drug-likeness (QED) is 0.864. The fourth-order valence-corrected chi connectivity index (χ4v) is 2.12. The minimum Gasteiger partial charge on any atom is -0.480 e. The summed E-state index contributed by atoms with van der Waals surface area (Å²) in [5.41, 5.74) is 0.497. The molecule has 1 aromatic heterocycles. The van der Waals surface area contributed by atoms with Crippen molar-refractivity contribution in [1.29, 1.82) is 0 Å². The number of alkyl carbamates (subject to hydrolysis) is 1. The first-order chi connectivity index (χ1) is 10.0. The van der Waals surface area contributed by atoms with Crippen LogP contribution >= 0.6 is 11.6 Å². The summed E-state index contributed by atoms with van der Waals surface area (Å²) in [6, 6.07) is -1.14. The van der Waals surface area contributed by atoms with Crippen molar-refractivity contribution in [2.75, 3.05) is 0 Å². The minimum atomic E-state index is -1.16. The molecule has 0 aliphatic heterocycles. The second-order valence-corrected chi connectivity index (χ2v) is 6.28. The molecule has 0 saturated heterocycles. The van der Waals surface area contributed by atoms with E-state index < -0.39 is 23.7 Å². The van der Waals surface area contributed by atoms with Crippen LogP contribution in [0.1, 0.15) is 39.1 Å². The second kappa shape index (κ2) is 7.00. The summed E-state index contributed by atoms with van der Waals surface area (Å²) < 4.78 is 6.71. The zero-order valence-corrected chi connectivity index (χ0v) is 14.2. The SMILES string of the molecule is CCn1nc(C)c(Cl)c1CC(NC(=O)OC(C)(C)C)C(=O)O. The van der Waals surface area contributed by atoms with Gasteiger partial charge >= 0.3 is 12.1 Å². The first-order valence-corrected chi connectivity index (χ1v) is 7.37. The Morgan fingerprint density at radius 3 is 2.50 bits per heavy atom. The maximum absolute atomic E-state index is 11.8. The molecule has 1 rings (SSSR count). The molecule has 1 amide bonds. The van der Waals surface area contributed by atoms with Gasteiger partial charge in [0.2, 0.25) is 0 Å². The molecule has 2 N–H and O–H groups in total. The number of nitrogens with zero attached hydrogens (tertiary/aromatic N) is 2. The van der Waals surface area contributed by atoms with Crippen LogP contribution in [0.4, 0.5) is 4.79 Å². The number of ether oxygens (including phenoxy) is 1. The largest absolute Gasteiger partial charge is 0.480 e. The van der Waals surface area contributed by atoms with Crippen molar-refractivity contribution in [3.63, 3.8) is 0 Å². The Balaban J connectivity index is 2.90. The van der Waals surface area contributed by atoms with Gasteiger partial charge in [-0.25, -0.2) is 9.59 Å². The maximum atomic E-state index is 11.8. The van der Waals surface area contributed by atoms with Gasteiger partial charge < -0.3 is 15.2 Å². The topological polar surface area (TPSA) is 93.5 Å². The van der Waals surface area contributed by atoms with Crippen molar-refractivity contribution in [2.45, 2.75) is 59.2 Å². The lowest BCUT2D eigenvalue weighted by Gasteiger charge is -2.22. The summed E-state index contributed by atoms with van der Waals surface area (Å²) in [6.45, 7) is 9.29. The summed E-state index contributed by atoms with van der Waals surface area (Å²) in [6.07, 6.45) is -0.752. The van der Waals surface area contributed by atoms with Crippen LogP contribution in [0.3, 0.4) is 0 Å². The molecule has 1 atom stereocenters. The Morgan fingerprint density at radius 1 is 1.45 bits per heavy atom. The van der Waals surface area contributed by atoms with E-state index in [-0.39, 0.29) is 6.42 Å². The molecule has 124 valence electrons. The number of amides is 1. The highest BCUT2D eigenvalue weighted by molar-refractivity contribution is 6.31. The van der Waals surface area contributed by atoms with Gasteiger partial charge in [0, 0.05) is 13.0 Å². The van der Waals surface area contributed by atoms with Gasteiger partial charge in [0.25, 0.3) is 0 Å². The zero-order valence-electron chi connectivity index (χ0n) is 13.4. The molecule has 22 heavy (non-hydrogen) atoms. The number of hydrogen-bond acceptors (Lipinski definition) is 4. The van der Waals surface area contributed by atoms with E-state index in [9.17, 15) is 14.7 Å². The Hall–Kier alpha value is -1.76. The minimum absolute atomic E-state index is 0.0299. The Morgan fingerprint density at radius 2 is 2.05 bits per heavy atom. The van der Waals surface area contributed by atoms with Crippen molar-refractivity contribution < 1.29 is 19.4 Å². The summed E-state index contributed by atoms with van der Waals surface area (Å²) >= 11 is 6.16. The molecule has 0 aromatic carbocycles. The van der Waals surface area contributed by atoms with Crippen molar-refractivity contribution in [2.24, 2.45) is 0 Å². The number of rotatable bonds is 5. The lowest BCUT2D eigenvalue weighted by Crippen LogP contribution is -2.45. The molecule has 0 bridgehead atoms. The number of carboxylic acids is 1. The lowest BCUT2D eigenvalue weighted by molar-refractivity contribution is -0.139. The molecule has 0 fully saturated rings. The van der Waals surface area contributed by atoms with Gasteiger partial charge in [0.1, 0.15) is 11.6 Å². The number of carbonyl (C=O) groups is 2. The molecule has 7 nitrogen and oxygen atoms in total. The van der Waals surface area contributed by atoms with E-state index in [1.807, 2.05) is 6.92 Å². The van der Waals surface area contributed by atoms with Crippen LogP contribution < -0.4 is 5.32 Å². The van der Waals surface area contributed by atoms with Crippen molar-refractivity contribution in [3.8, 4) is 0 Å². The van der Waals surface area contributed by atoms with E-state index in [1.54, 1.807) is 32.4 Å². The fraction of sp³-hybridized carbons (Fsp3) is 0.643. The standard InChI is InChI=1S/C14H22ClN3O4/c1-6-18-10(11(15)8(2)17-18)7-9(12(19)20)16-13(21)22-14(3,4)5/h9H,6-7H2,1-5H3,(H,16,21)(H,19,20). The first kappa shape index (κ1) is 18.3. The zero-order chi connectivity index (χ0) is 17.1.